The molecule has 2 aromatic rings. The number of hydrogen-bond acceptors (Lipinski definition) is 5. The molecule has 0 amide bonds. The Bertz CT molecular complexity index is 800. The van der Waals surface area contributed by atoms with Gasteiger partial charge in [0.2, 0.25) is 5.95 Å². The summed E-state index contributed by atoms with van der Waals surface area (Å²) in [4.78, 5) is 14.1. The van der Waals surface area contributed by atoms with Gasteiger partial charge in [-0.3, -0.25) is 4.90 Å². The highest BCUT2D eigenvalue weighted by atomic mass is 35.5. The van der Waals surface area contributed by atoms with Crippen LogP contribution in [0.1, 0.15) is 29.3 Å². The van der Waals surface area contributed by atoms with Gasteiger partial charge in [0.15, 0.2) is 0 Å². The predicted octanol–water partition coefficient (Wildman–Crippen LogP) is 3.13. The molecule has 146 valence electrons. The van der Waals surface area contributed by atoms with Crippen LogP contribution in [0.2, 0.25) is 0 Å². The van der Waals surface area contributed by atoms with Crippen molar-refractivity contribution < 1.29 is 0 Å². The summed E-state index contributed by atoms with van der Waals surface area (Å²) in [6.45, 7) is 3.31. The highest BCUT2D eigenvalue weighted by molar-refractivity contribution is 5.85. The molecule has 2 saturated heterocycles. The Labute approximate surface area is 173 Å². The second-order valence-corrected chi connectivity index (χ2v) is 7.81. The van der Waals surface area contributed by atoms with Crippen LogP contribution in [0.3, 0.4) is 0 Å². The summed E-state index contributed by atoms with van der Waals surface area (Å²) in [5.41, 5.74) is 9.96. The van der Waals surface area contributed by atoms with Crippen molar-refractivity contribution >= 4 is 36.6 Å². The lowest BCUT2D eigenvalue weighted by atomic mass is 9.90. The fraction of sp³-hybridized carbons (Fsp3) is 0.500. The zero-order chi connectivity index (χ0) is 17.0. The third-order valence-corrected chi connectivity index (χ3v) is 6.26. The van der Waals surface area contributed by atoms with E-state index in [-0.39, 0.29) is 24.8 Å². The molecule has 0 radical (unpaired) electrons. The van der Waals surface area contributed by atoms with Gasteiger partial charge in [-0.2, -0.15) is 4.98 Å². The van der Waals surface area contributed by atoms with Gasteiger partial charge >= 0.3 is 0 Å². The van der Waals surface area contributed by atoms with Gasteiger partial charge < -0.3 is 10.6 Å². The minimum Gasteiger partial charge on any atom is -0.368 e. The molecular weight excluding hydrogens is 381 g/mol. The van der Waals surface area contributed by atoms with Crippen molar-refractivity contribution in [2.24, 2.45) is 11.8 Å². The molecule has 5 nitrogen and oxygen atoms in total. The van der Waals surface area contributed by atoms with E-state index >= 15 is 0 Å². The summed E-state index contributed by atoms with van der Waals surface area (Å²) in [5, 5.41) is 0. The predicted molar refractivity (Wildman–Crippen MR) is 114 cm³/mol. The van der Waals surface area contributed by atoms with Gasteiger partial charge in [-0.15, -0.1) is 24.8 Å². The van der Waals surface area contributed by atoms with E-state index < -0.39 is 0 Å². The van der Waals surface area contributed by atoms with E-state index in [1.165, 1.54) is 23.2 Å². The van der Waals surface area contributed by atoms with Crippen LogP contribution in [0, 0.1) is 11.8 Å². The maximum Gasteiger partial charge on any atom is 0.222 e. The molecule has 1 aliphatic carbocycles. The van der Waals surface area contributed by atoms with E-state index in [1.54, 1.807) is 0 Å². The van der Waals surface area contributed by atoms with Crippen LogP contribution >= 0.6 is 24.8 Å². The fourth-order valence-corrected chi connectivity index (χ4v) is 5.28. The number of nitrogens with two attached hydrogens (primary N) is 1. The van der Waals surface area contributed by atoms with Gasteiger partial charge in [0.1, 0.15) is 5.82 Å². The maximum absolute atomic E-state index is 6.00. The van der Waals surface area contributed by atoms with E-state index in [1.807, 2.05) is 0 Å². The van der Waals surface area contributed by atoms with Crippen LogP contribution in [0.4, 0.5) is 11.8 Å². The first kappa shape index (κ1) is 20.2. The van der Waals surface area contributed by atoms with Crippen LogP contribution < -0.4 is 10.6 Å². The summed E-state index contributed by atoms with van der Waals surface area (Å²) in [5.74, 6) is 2.90. The van der Waals surface area contributed by atoms with Gasteiger partial charge in [-0.25, -0.2) is 4.98 Å². The van der Waals surface area contributed by atoms with E-state index in [0.29, 0.717) is 23.8 Å². The van der Waals surface area contributed by atoms with Gasteiger partial charge in [0.05, 0.1) is 5.69 Å². The summed E-state index contributed by atoms with van der Waals surface area (Å²) in [7, 11) is 2.26. The zero-order valence-electron chi connectivity index (χ0n) is 15.5. The summed E-state index contributed by atoms with van der Waals surface area (Å²) >= 11 is 0. The van der Waals surface area contributed by atoms with Crippen LogP contribution in [0.25, 0.3) is 0 Å². The highest BCUT2D eigenvalue weighted by Gasteiger charge is 2.46. The first-order valence-electron chi connectivity index (χ1n) is 9.36. The van der Waals surface area contributed by atoms with E-state index in [2.05, 4.69) is 57.1 Å². The molecule has 3 aliphatic rings. The Balaban J connectivity index is 0.00000105. The average Bonchev–Trinajstić information content (AvgIpc) is 3.28. The lowest BCUT2D eigenvalue weighted by Gasteiger charge is -2.28. The molecule has 2 fully saturated rings. The fourth-order valence-electron chi connectivity index (χ4n) is 5.28. The SMILES string of the molecule is CN1C[C@H]2CN(c3nc(N)nc4c3CCC4)C[C@H]2[C@@H]1c1ccccc1.Cl.Cl. The Kier molecular flexibility index (Phi) is 5.84. The van der Waals surface area contributed by atoms with Gasteiger partial charge in [0.25, 0.3) is 0 Å². The Morgan fingerprint density at radius 1 is 1.00 bits per heavy atom. The molecule has 2 aliphatic heterocycles. The molecule has 7 heteroatoms. The van der Waals surface area contributed by atoms with E-state index in [4.69, 9.17) is 5.73 Å². The number of nitrogens with zero attached hydrogens (tertiary/aromatic N) is 4. The molecule has 0 bridgehead atoms. The van der Waals surface area contributed by atoms with Crippen molar-refractivity contribution in [3.8, 4) is 0 Å². The van der Waals surface area contributed by atoms with Gasteiger partial charge in [0, 0.05) is 37.2 Å². The molecule has 3 heterocycles. The quantitative estimate of drug-likeness (QED) is 0.828. The average molecular weight is 408 g/mol. The second-order valence-electron chi connectivity index (χ2n) is 7.81. The first-order valence-corrected chi connectivity index (χ1v) is 9.36. The molecule has 27 heavy (non-hydrogen) atoms. The third kappa shape index (κ3) is 3.37. The van der Waals surface area contributed by atoms with Crippen LogP contribution in [-0.2, 0) is 12.8 Å². The number of aryl methyl sites for hydroxylation is 1. The zero-order valence-corrected chi connectivity index (χ0v) is 17.2. The Morgan fingerprint density at radius 3 is 2.56 bits per heavy atom. The maximum atomic E-state index is 6.00. The molecule has 5 rings (SSSR count). The number of aromatic nitrogens is 2. The van der Waals surface area contributed by atoms with Crippen molar-refractivity contribution in [1.82, 2.24) is 14.9 Å². The molecule has 0 saturated carbocycles. The molecular formula is C20H27Cl2N5. The molecule has 0 spiro atoms. The van der Waals surface area contributed by atoms with Crippen LogP contribution in [0.5, 0.6) is 0 Å². The highest BCUT2D eigenvalue weighted by Crippen LogP contribution is 2.45. The number of benzene rings is 1. The summed E-state index contributed by atoms with van der Waals surface area (Å²) < 4.78 is 0. The second kappa shape index (κ2) is 7.82. The van der Waals surface area contributed by atoms with Crippen molar-refractivity contribution in [3.05, 3.63) is 47.2 Å². The van der Waals surface area contributed by atoms with Crippen LogP contribution in [-0.4, -0.2) is 41.5 Å². The lowest BCUT2D eigenvalue weighted by molar-refractivity contribution is 0.279. The van der Waals surface area contributed by atoms with Crippen LogP contribution in [0.15, 0.2) is 30.3 Å². The normalized spacial score (nSPS) is 26.3. The van der Waals surface area contributed by atoms with Crippen molar-refractivity contribution in [1.29, 1.82) is 0 Å². The topological polar surface area (TPSA) is 58.3 Å². The summed E-state index contributed by atoms with van der Waals surface area (Å²) in [6.07, 6.45) is 3.32. The van der Waals surface area contributed by atoms with E-state index in [0.717, 1.165) is 38.3 Å². The number of anilines is 2. The van der Waals surface area contributed by atoms with Gasteiger partial charge in [-0.05, 0) is 37.8 Å². The Hall–Kier alpha value is -1.56. The third-order valence-electron chi connectivity index (χ3n) is 6.26. The molecule has 3 atom stereocenters. The standard InChI is InChI=1S/C20H25N5.2ClH/c1-24-10-14-11-25(12-16(14)18(24)13-6-3-2-4-7-13)19-15-8-5-9-17(15)22-20(21)23-19;;/h2-4,6-7,14,16,18H,5,8-12H2,1H3,(H2,21,22,23);2*1H/t14-,16+,18-;;/m0../s1. The number of likely N-dealkylation sites (tertiary alicyclic amines) is 1. The smallest absolute Gasteiger partial charge is 0.222 e. The van der Waals surface area contributed by atoms with E-state index in [9.17, 15) is 0 Å². The number of rotatable bonds is 2. The van der Waals surface area contributed by atoms with Gasteiger partial charge in [-0.1, -0.05) is 30.3 Å². The van der Waals surface area contributed by atoms with Crippen molar-refractivity contribution in [2.45, 2.75) is 25.3 Å². The number of nitrogen functional groups attached to an aromatic ring is 1. The largest absolute Gasteiger partial charge is 0.368 e. The molecule has 1 aromatic heterocycles. The van der Waals surface area contributed by atoms with Crippen molar-refractivity contribution in [2.75, 3.05) is 37.3 Å². The minimum absolute atomic E-state index is 0. The number of fused-ring (bicyclic) bond motifs is 2. The molecule has 1 aromatic carbocycles. The molecule has 2 N–H and O–H groups in total. The number of halogens is 2. The minimum atomic E-state index is 0. The first-order chi connectivity index (χ1) is 12.2. The monoisotopic (exact) mass is 407 g/mol. The Morgan fingerprint density at radius 2 is 1.78 bits per heavy atom. The number of hydrogen-bond donors (Lipinski definition) is 1. The van der Waals surface area contributed by atoms with Crippen molar-refractivity contribution in [3.63, 3.8) is 0 Å². The molecule has 0 unspecified atom stereocenters. The summed E-state index contributed by atoms with van der Waals surface area (Å²) in [6, 6.07) is 11.5. The lowest BCUT2D eigenvalue weighted by Crippen LogP contribution is -2.30.